The number of aliphatic hydroxyl groups excluding tert-OH is 2. The Morgan fingerprint density at radius 3 is 0.814 bits per heavy atom. The number of nitrogens with one attached hydrogen (secondary N) is 1. The zero-order valence-corrected chi connectivity index (χ0v) is 66.1. The average Bonchev–Trinajstić information content (AvgIpc) is 3.77. The highest BCUT2D eigenvalue weighted by Crippen LogP contribution is 2.21. The number of hydrogen-bond donors (Lipinski definition) is 3. The van der Waals surface area contributed by atoms with Crippen LogP contribution in [0.15, 0.2) is 36.5 Å². The number of ether oxygens (including phenoxy) is 1. The Balaban J connectivity index is 3.33. The van der Waals surface area contributed by atoms with Crippen LogP contribution in [-0.4, -0.2) is 47.4 Å². The molecule has 0 aliphatic rings. The molecule has 2 atom stereocenters. The lowest BCUT2D eigenvalue weighted by Gasteiger charge is -2.22. The van der Waals surface area contributed by atoms with Gasteiger partial charge in [-0.1, -0.05) is 448 Å². The van der Waals surface area contributed by atoms with Crippen LogP contribution in [0.25, 0.3) is 0 Å². The molecular weight excluding hydrogens is 1190 g/mol. The van der Waals surface area contributed by atoms with Crippen molar-refractivity contribution in [1.29, 1.82) is 0 Å². The predicted molar refractivity (Wildman–Crippen MR) is 430 cm³/mol. The predicted octanol–water partition coefficient (Wildman–Crippen LogP) is 30.1. The number of rotatable bonds is 85. The van der Waals surface area contributed by atoms with E-state index in [-0.39, 0.29) is 18.5 Å². The Kier molecular flexibility index (Phi) is 84.8. The van der Waals surface area contributed by atoms with E-state index in [4.69, 9.17) is 4.74 Å². The van der Waals surface area contributed by atoms with Gasteiger partial charge < -0.3 is 20.3 Å². The fraction of sp³-hybridized carbons (Fsp3) is 0.912. The lowest BCUT2D eigenvalue weighted by atomic mass is 10.0. The van der Waals surface area contributed by atoms with Crippen LogP contribution < -0.4 is 5.32 Å². The van der Waals surface area contributed by atoms with Crippen LogP contribution in [0, 0.1) is 0 Å². The van der Waals surface area contributed by atoms with E-state index in [1.807, 2.05) is 0 Å². The van der Waals surface area contributed by atoms with E-state index in [0.717, 1.165) is 44.9 Å². The standard InChI is InChI=1S/C91H175NO5/c1-3-5-7-9-11-13-15-17-19-21-23-24-25-41-44-48-51-55-59-63-67-71-75-79-83-89(94)88(87-93)92-90(95)84-80-76-72-68-64-60-56-52-49-45-42-39-37-35-33-31-29-27-26-28-30-32-34-36-38-40-43-46-50-54-58-62-66-70-74-78-82-86-97-91(96)85-81-77-73-69-65-61-57-53-47-22-20-18-16-14-12-10-8-6-4-2/h12,14,18,20,26,28,88-89,93-94H,3-11,13,15-17,19,21-25,27,29-87H2,1-2H3,(H,92,95)/b14-12-,20-18-,28-26-. The summed E-state index contributed by atoms with van der Waals surface area (Å²) in [5.74, 6) is -0.00603. The Morgan fingerprint density at radius 1 is 0.289 bits per heavy atom. The number of allylic oxidation sites excluding steroid dienone is 6. The van der Waals surface area contributed by atoms with Gasteiger partial charge in [-0.25, -0.2) is 0 Å². The SMILES string of the molecule is CCCCC/C=C\C/C=C\CCCCCCCCCCCC(=O)OCCCCCCCCCCCCCCCCCC/C=C\CCCCCCCCCCCCCCCCCCCC(=O)NC(CO)C(O)CCCCCCCCCCCCCCCCCCCCCCCCCC. The van der Waals surface area contributed by atoms with Crippen molar-refractivity contribution in [2.75, 3.05) is 13.2 Å². The molecule has 1 amide bonds. The zero-order valence-electron chi connectivity index (χ0n) is 66.1. The minimum atomic E-state index is -0.663. The molecule has 6 heteroatoms. The summed E-state index contributed by atoms with van der Waals surface area (Å²) in [5.41, 5.74) is 0. The van der Waals surface area contributed by atoms with Crippen LogP contribution >= 0.6 is 0 Å². The average molecular weight is 1360 g/mol. The van der Waals surface area contributed by atoms with Gasteiger partial charge in [-0.05, 0) is 83.5 Å². The molecule has 3 N–H and O–H groups in total. The first-order chi connectivity index (χ1) is 48.0. The first-order valence-corrected chi connectivity index (χ1v) is 44.7. The van der Waals surface area contributed by atoms with E-state index in [1.165, 1.54) is 430 Å². The largest absolute Gasteiger partial charge is 0.466 e. The number of amides is 1. The lowest BCUT2D eigenvalue weighted by Crippen LogP contribution is -2.45. The Hall–Kier alpha value is -1.92. The number of aliphatic hydroxyl groups is 2. The first-order valence-electron chi connectivity index (χ1n) is 44.7. The Morgan fingerprint density at radius 2 is 0.515 bits per heavy atom. The van der Waals surface area contributed by atoms with Gasteiger partial charge in [-0.3, -0.25) is 9.59 Å². The number of esters is 1. The van der Waals surface area contributed by atoms with Crippen LogP contribution in [0.3, 0.4) is 0 Å². The van der Waals surface area contributed by atoms with Crippen molar-refractivity contribution >= 4 is 11.9 Å². The maximum absolute atomic E-state index is 12.6. The zero-order chi connectivity index (χ0) is 69.8. The Bertz CT molecular complexity index is 1570. The minimum Gasteiger partial charge on any atom is -0.466 e. The van der Waals surface area contributed by atoms with Crippen LogP contribution in [0.2, 0.25) is 0 Å². The molecule has 0 saturated heterocycles. The summed E-state index contributed by atoms with van der Waals surface area (Å²) in [6.07, 6.45) is 114. The highest BCUT2D eigenvalue weighted by atomic mass is 16.5. The molecule has 6 nitrogen and oxygen atoms in total. The van der Waals surface area contributed by atoms with Crippen molar-refractivity contribution in [1.82, 2.24) is 5.32 Å². The quantitative estimate of drug-likeness (QED) is 0.0320. The third kappa shape index (κ3) is 82.9. The molecule has 97 heavy (non-hydrogen) atoms. The van der Waals surface area contributed by atoms with E-state index in [2.05, 4.69) is 55.6 Å². The molecule has 0 radical (unpaired) electrons. The summed E-state index contributed by atoms with van der Waals surface area (Å²) < 4.78 is 5.52. The maximum Gasteiger partial charge on any atom is 0.305 e. The molecular formula is C91H175NO5. The van der Waals surface area contributed by atoms with Gasteiger partial charge in [0.1, 0.15) is 0 Å². The summed E-state index contributed by atoms with van der Waals surface area (Å²) in [5, 5.41) is 23.5. The molecule has 0 spiro atoms. The van der Waals surface area contributed by atoms with Crippen molar-refractivity contribution in [3.8, 4) is 0 Å². The molecule has 0 aromatic heterocycles. The molecule has 0 aliphatic heterocycles. The molecule has 0 aromatic rings. The van der Waals surface area contributed by atoms with Crippen molar-refractivity contribution in [3.05, 3.63) is 36.5 Å². The number of unbranched alkanes of at least 4 members (excludes halogenated alkanes) is 68. The summed E-state index contributed by atoms with van der Waals surface area (Å²) in [4.78, 5) is 24.7. The summed E-state index contributed by atoms with van der Waals surface area (Å²) in [6.45, 7) is 4.99. The highest BCUT2D eigenvalue weighted by Gasteiger charge is 2.20. The third-order valence-electron chi connectivity index (χ3n) is 21.2. The van der Waals surface area contributed by atoms with Gasteiger partial charge in [0.05, 0.1) is 25.4 Å². The van der Waals surface area contributed by atoms with Gasteiger partial charge in [0.15, 0.2) is 0 Å². The number of carbonyl (C=O) groups excluding carboxylic acids is 2. The fourth-order valence-electron chi connectivity index (χ4n) is 14.4. The number of hydrogen-bond acceptors (Lipinski definition) is 5. The lowest BCUT2D eigenvalue weighted by molar-refractivity contribution is -0.143. The second-order valence-electron chi connectivity index (χ2n) is 30.9. The molecule has 0 fully saturated rings. The smallest absolute Gasteiger partial charge is 0.305 e. The highest BCUT2D eigenvalue weighted by molar-refractivity contribution is 5.76. The molecule has 574 valence electrons. The van der Waals surface area contributed by atoms with Crippen LogP contribution in [-0.2, 0) is 14.3 Å². The second-order valence-corrected chi connectivity index (χ2v) is 30.9. The van der Waals surface area contributed by atoms with E-state index < -0.39 is 12.1 Å². The summed E-state index contributed by atoms with van der Waals surface area (Å²) in [7, 11) is 0. The molecule has 0 aliphatic carbocycles. The van der Waals surface area contributed by atoms with Crippen molar-refractivity contribution in [2.24, 2.45) is 0 Å². The fourth-order valence-corrected chi connectivity index (χ4v) is 14.4. The van der Waals surface area contributed by atoms with Crippen molar-refractivity contribution in [2.45, 2.75) is 520 Å². The van der Waals surface area contributed by atoms with E-state index in [0.29, 0.717) is 25.9 Å². The van der Waals surface area contributed by atoms with Gasteiger partial charge in [0.25, 0.3) is 0 Å². The van der Waals surface area contributed by atoms with E-state index in [1.54, 1.807) is 0 Å². The summed E-state index contributed by atoms with van der Waals surface area (Å²) in [6, 6.07) is -0.540. The minimum absolute atomic E-state index is 0.0187. The second kappa shape index (κ2) is 86.5. The maximum atomic E-state index is 12.6. The van der Waals surface area contributed by atoms with Crippen LogP contribution in [0.4, 0.5) is 0 Å². The van der Waals surface area contributed by atoms with E-state index >= 15 is 0 Å². The van der Waals surface area contributed by atoms with Gasteiger partial charge in [-0.2, -0.15) is 0 Å². The molecule has 0 rings (SSSR count). The molecule has 0 heterocycles. The van der Waals surface area contributed by atoms with Gasteiger partial charge >= 0.3 is 5.97 Å². The summed E-state index contributed by atoms with van der Waals surface area (Å²) >= 11 is 0. The molecule has 0 aromatic carbocycles. The molecule has 0 saturated carbocycles. The third-order valence-corrected chi connectivity index (χ3v) is 21.2. The van der Waals surface area contributed by atoms with Crippen LogP contribution in [0.5, 0.6) is 0 Å². The van der Waals surface area contributed by atoms with Gasteiger partial charge in [-0.15, -0.1) is 0 Å². The number of carbonyl (C=O) groups is 2. The van der Waals surface area contributed by atoms with Crippen molar-refractivity contribution in [3.63, 3.8) is 0 Å². The Labute approximate surface area is 608 Å². The monoisotopic (exact) mass is 1360 g/mol. The topological polar surface area (TPSA) is 95.9 Å². The normalized spacial score (nSPS) is 12.6. The molecule has 2 unspecified atom stereocenters. The van der Waals surface area contributed by atoms with Crippen molar-refractivity contribution < 1.29 is 24.5 Å². The van der Waals surface area contributed by atoms with E-state index in [9.17, 15) is 19.8 Å². The van der Waals surface area contributed by atoms with Gasteiger partial charge in [0.2, 0.25) is 5.91 Å². The van der Waals surface area contributed by atoms with Gasteiger partial charge in [0, 0.05) is 12.8 Å². The molecule has 0 bridgehead atoms. The van der Waals surface area contributed by atoms with Crippen LogP contribution in [0.1, 0.15) is 508 Å². The first kappa shape index (κ1) is 95.1.